The van der Waals surface area contributed by atoms with E-state index in [1.54, 1.807) is 18.2 Å². The van der Waals surface area contributed by atoms with Gasteiger partial charge in [0.15, 0.2) is 0 Å². The Kier molecular flexibility index (Phi) is 4.99. The largest absolute Gasteiger partial charge is 0.508 e. The number of nitrogens with one attached hydrogen (secondary N) is 1. The maximum absolute atomic E-state index is 13.1. The van der Waals surface area contributed by atoms with Crippen LogP contribution in [0.4, 0.5) is 9.52 Å². The van der Waals surface area contributed by atoms with Crippen LogP contribution in [0.1, 0.15) is 30.8 Å². The van der Waals surface area contributed by atoms with E-state index in [1.165, 1.54) is 23.7 Å². The Morgan fingerprint density at radius 1 is 1.16 bits per heavy atom. The third-order valence-corrected chi connectivity index (χ3v) is 4.76. The predicted octanol–water partition coefficient (Wildman–Crippen LogP) is 4.36. The molecule has 3 rings (SSSR count). The van der Waals surface area contributed by atoms with E-state index in [4.69, 9.17) is 0 Å². The van der Waals surface area contributed by atoms with Gasteiger partial charge in [-0.3, -0.25) is 0 Å². The summed E-state index contributed by atoms with van der Waals surface area (Å²) in [6.45, 7) is 4.86. The van der Waals surface area contributed by atoms with Gasteiger partial charge in [0.25, 0.3) is 0 Å². The van der Waals surface area contributed by atoms with Crippen molar-refractivity contribution in [3.05, 3.63) is 71.3 Å². The lowest BCUT2D eigenvalue weighted by Crippen LogP contribution is -2.27. The number of phenolic OH excluding ortho intramolecular Hbond substituents is 1. The number of hydrogen-bond acceptors (Lipinski definition) is 5. The Balaban J connectivity index is 1.62. The summed E-state index contributed by atoms with van der Waals surface area (Å²) >= 11 is 1.32. The van der Waals surface area contributed by atoms with Crippen molar-refractivity contribution < 1.29 is 9.50 Å². The standard InChI is InChI=1S/C19H20FN3OS/c1-19(2,14-6-8-15(20)9-7-14)12-21-18-22-17(23-25-18)11-13-4-3-5-16(24)10-13/h3-10,24H,11-12H2,1-2H3,(H,21,22,23). The molecule has 4 nitrogen and oxygen atoms in total. The fraction of sp³-hybridized carbons (Fsp3) is 0.263. The number of anilines is 1. The van der Waals surface area contributed by atoms with Crippen LogP contribution in [0, 0.1) is 5.82 Å². The molecule has 0 bridgehead atoms. The molecular formula is C19H20FN3OS. The summed E-state index contributed by atoms with van der Waals surface area (Å²) in [7, 11) is 0. The average Bonchev–Trinajstić information content (AvgIpc) is 3.01. The number of benzene rings is 2. The summed E-state index contributed by atoms with van der Waals surface area (Å²) in [5.41, 5.74) is 1.87. The maximum Gasteiger partial charge on any atom is 0.202 e. The molecule has 25 heavy (non-hydrogen) atoms. The second-order valence-corrected chi connectivity index (χ2v) is 7.36. The molecule has 2 N–H and O–H groups in total. The monoisotopic (exact) mass is 357 g/mol. The highest BCUT2D eigenvalue weighted by Crippen LogP contribution is 2.25. The minimum Gasteiger partial charge on any atom is -0.508 e. The van der Waals surface area contributed by atoms with Crippen molar-refractivity contribution in [2.24, 2.45) is 0 Å². The van der Waals surface area contributed by atoms with Crippen LogP contribution < -0.4 is 5.32 Å². The van der Waals surface area contributed by atoms with Gasteiger partial charge in [-0.05, 0) is 35.4 Å². The summed E-state index contributed by atoms with van der Waals surface area (Å²) < 4.78 is 17.4. The average molecular weight is 357 g/mol. The topological polar surface area (TPSA) is 58.0 Å². The Bertz CT molecular complexity index is 846. The summed E-state index contributed by atoms with van der Waals surface area (Å²) in [6, 6.07) is 13.7. The van der Waals surface area contributed by atoms with Gasteiger partial charge in [-0.1, -0.05) is 38.1 Å². The smallest absolute Gasteiger partial charge is 0.202 e. The van der Waals surface area contributed by atoms with Gasteiger partial charge in [-0.15, -0.1) is 0 Å². The Morgan fingerprint density at radius 2 is 1.92 bits per heavy atom. The third kappa shape index (κ3) is 4.54. The van der Waals surface area contributed by atoms with Gasteiger partial charge in [0, 0.05) is 29.9 Å². The zero-order valence-corrected chi connectivity index (χ0v) is 15.0. The molecule has 0 aliphatic rings. The normalized spacial score (nSPS) is 11.5. The van der Waals surface area contributed by atoms with Crippen LogP contribution in [0.2, 0.25) is 0 Å². The molecule has 3 aromatic rings. The van der Waals surface area contributed by atoms with Crippen LogP contribution in [0.3, 0.4) is 0 Å². The quantitative estimate of drug-likeness (QED) is 0.688. The van der Waals surface area contributed by atoms with E-state index >= 15 is 0 Å². The van der Waals surface area contributed by atoms with Crippen molar-refractivity contribution in [2.75, 3.05) is 11.9 Å². The first kappa shape index (κ1) is 17.4. The van der Waals surface area contributed by atoms with Crippen LogP contribution in [-0.2, 0) is 11.8 Å². The number of hydrogen-bond donors (Lipinski definition) is 2. The van der Waals surface area contributed by atoms with Crippen molar-refractivity contribution in [1.29, 1.82) is 0 Å². The lowest BCUT2D eigenvalue weighted by atomic mass is 9.85. The molecule has 0 saturated heterocycles. The van der Waals surface area contributed by atoms with Crippen LogP contribution in [0.15, 0.2) is 48.5 Å². The van der Waals surface area contributed by atoms with Crippen molar-refractivity contribution in [2.45, 2.75) is 25.7 Å². The number of rotatable bonds is 6. The fourth-order valence-electron chi connectivity index (χ4n) is 2.55. The molecule has 0 radical (unpaired) electrons. The summed E-state index contributed by atoms with van der Waals surface area (Å²) in [4.78, 5) is 4.50. The van der Waals surface area contributed by atoms with Crippen LogP contribution in [0.5, 0.6) is 5.75 Å². The van der Waals surface area contributed by atoms with Crippen LogP contribution in [-0.4, -0.2) is 21.0 Å². The Morgan fingerprint density at radius 3 is 2.64 bits per heavy atom. The van der Waals surface area contributed by atoms with Crippen molar-refractivity contribution in [1.82, 2.24) is 9.36 Å². The summed E-state index contributed by atoms with van der Waals surface area (Å²) in [6.07, 6.45) is 0.577. The molecule has 0 atom stereocenters. The molecule has 1 heterocycles. The first-order valence-electron chi connectivity index (χ1n) is 8.03. The van der Waals surface area contributed by atoms with E-state index in [9.17, 15) is 9.50 Å². The van der Waals surface area contributed by atoms with Gasteiger partial charge in [0.1, 0.15) is 17.4 Å². The molecule has 130 valence electrons. The van der Waals surface area contributed by atoms with E-state index in [0.29, 0.717) is 13.0 Å². The molecule has 0 aliphatic heterocycles. The highest BCUT2D eigenvalue weighted by atomic mass is 32.1. The van der Waals surface area contributed by atoms with Crippen LogP contribution >= 0.6 is 11.5 Å². The molecule has 0 unspecified atom stereocenters. The molecule has 0 spiro atoms. The zero-order chi connectivity index (χ0) is 17.9. The summed E-state index contributed by atoms with van der Waals surface area (Å²) in [5, 5.41) is 13.6. The number of nitrogens with zero attached hydrogens (tertiary/aromatic N) is 2. The highest BCUT2D eigenvalue weighted by Gasteiger charge is 2.21. The maximum atomic E-state index is 13.1. The lowest BCUT2D eigenvalue weighted by Gasteiger charge is -2.25. The first-order chi connectivity index (χ1) is 11.9. The van der Waals surface area contributed by atoms with Crippen LogP contribution in [0.25, 0.3) is 0 Å². The highest BCUT2D eigenvalue weighted by molar-refractivity contribution is 7.09. The molecule has 1 aromatic heterocycles. The van der Waals surface area contributed by atoms with Crippen molar-refractivity contribution in [3.8, 4) is 5.75 Å². The molecule has 0 amide bonds. The minimum absolute atomic E-state index is 0.162. The molecule has 2 aromatic carbocycles. The van der Waals surface area contributed by atoms with Gasteiger partial charge in [0.05, 0.1) is 0 Å². The van der Waals surface area contributed by atoms with Crippen molar-refractivity contribution >= 4 is 16.7 Å². The van der Waals surface area contributed by atoms with Gasteiger partial charge >= 0.3 is 0 Å². The molecule has 6 heteroatoms. The first-order valence-corrected chi connectivity index (χ1v) is 8.80. The number of aromatic hydroxyl groups is 1. The van der Waals surface area contributed by atoms with E-state index in [2.05, 4.69) is 28.5 Å². The van der Waals surface area contributed by atoms with Crippen molar-refractivity contribution in [3.63, 3.8) is 0 Å². The van der Waals surface area contributed by atoms with Gasteiger partial charge in [0.2, 0.25) is 5.13 Å². The molecule has 0 fully saturated rings. The third-order valence-electron chi connectivity index (χ3n) is 4.05. The van der Waals surface area contributed by atoms with Gasteiger partial charge < -0.3 is 10.4 Å². The predicted molar refractivity (Wildman–Crippen MR) is 98.7 cm³/mol. The molecule has 0 saturated carbocycles. The fourth-order valence-corrected chi connectivity index (χ4v) is 3.13. The second-order valence-electron chi connectivity index (χ2n) is 6.61. The number of phenols is 1. The second kappa shape index (κ2) is 7.19. The zero-order valence-electron chi connectivity index (χ0n) is 14.2. The van der Waals surface area contributed by atoms with E-state index in [-0.39, 0.29) is 17.0 Å². The molecular weight excluding hydrogens is 337 g/mol. The minimum atomic E-state index is -0.228. The van der Waals surface area contributed by atoms with E-state index < -0.39 is 0 Å². The number of aromatic nitrogens is 2. The van der Waals surface area contributed by atoms with Gasteiger partial charge in [-0.25, -0.2) is 9.37 Å². The Labute approximate surface area is 150 Å². The van der Waals surface area contributed by atoms with E-state index in [0.717, 1.165) is 22.1 Å². The van der Waals surface area contributed by atoms with Gasteiger partial charge in [-0.2, -0.15) is 4.37 Å². The Hall–Kier alpha value is -2.47. The summed E-state index contributed by atoms with van der Waals surface area (Å²) in [5.74, 6) is 0.734. The lowest BCUT2D eigenvalue weighted by molar-refractivity contribution is 0.474. The SMILES string of the molecule is CC(C)(CNc1nc(Cc2cccc(O)c2)ns1)c1ccc(F)cc1. The van der Waals surface area contributed by atoms with E-state index in [1.807, 2.05) is 18.2 Å². The molecule has 0 aliphatic carbocycles. The number of halogens is 1.